The molecule has 1 aliphatic heterocycles. The monoisotopic (exact) mass is 457 g/mol. The number of carbonyl (C=O) groups excluding carboxylic acids is 1. The van der Waals surface area contributed by atoms with Crippen LogP contribution in [0.5, 0.6) is 11.5 Å². The van der Waals surface area contributed by atoms with E-state index in [1.807, 2.05) is 42.5 Å². The topological polar surface area (TPSA) is 94.5 Å². The van der Waals surface area contributed by atoms with Crippen molar-refractivity contribution in [2.75, 3.05) is 33.4 Å². The average Bonchev–Trinajstić information content (AvgIpc) is 3.33. The lowest BCUT2D eigenvalue weighted by molar-refractivity contribution is -0.166. The standard InChI is InChI=1S/C25H31NO7/c1-30-21-8-4-6-19(16-21)10-11-20-7-2-3-9-23(20)31-18-22(17-26-14-5-15-32-26)33-25(29)13-12-24(27)28/h2-4,6-9,16,22H,5,10-15,17-18H2,1H3,(H,27,28). The van der Waals surface area contributed by atoms with Gasteiger partial charge in [-0.25, -0.2) is 0 Å². The van der Waals surface area contributed by atoms with Gasteiger partial charge >= 0.3 is 11.9 Å². The van der Waals surface area contributed by atoms with E-state index in [2.05, 4.69) is 6.07 Å². The molecule has 178 valence electrons. The molecule has 8 nitrogen and oxygen atoms in total. The number of aliphatic carboxylic acids is 1. The number of carboxylic acid groups (broad SMARTS) is 1. The van der Waals surface area contributed by atoms with Gasteiger partial charge in [0.05, 0.1) is 33.1 Å². The molecule has 0 bridgehead atoms. The van der Waals surface area contributed by atoms with E-state index < -0.39 is 18.0 Å². The van der Waals surface area contributed by atoms with E-state index >= 15 is 0 Å². The van der Waals surface area contributed by atoms with Crippen LogP contribution in [0.2, 0.25) is 0 Å². The van der Waals surface area contributed by atoms with Crippen molar-refractivity contribution in [2.24, 2.45) is 0 Å². The van der Waals surface area contributed by atoms with Crippen molar-refractivity contribution in [2.45, 2.75) is 38.2 Å². The van der Waals surface area contributed by atoms with E-state index in [9.17, 15) is 9.59 Å². The molecule has 1 saturated heterocycles. The van der Waals surface area contributed by atoms with Gasteiger partial charge in [-0.1, -0.05) is 30.3 Å². The summed E-state index contributed by atoms with van der Waals surface area (Å²) in [6.45, 7) is 1.90. The minimum Gasteiger partial charge on any atom is -0.497 e. The summed E-state index contributed by atoms with van der Waals surface area (Å²) in [6, 6.07) is 15.8. The molecule has 0 amide bonds. The minimum atomic E-state index is -1.03. The summed E-state index contributed by atoms with van der Waals surface area (Å²) < 4.78 is 16.9. The lowest BCUT2D eigenvalue weighted by Crippen LogP contribution is -2.37. The van der Waals surface area contributed by atoms with Crippen LogP contribution < -0.4 is 9.47 Å². The molecule has 1 fully saturated rings. The molecule has 0 saturated carbocycles. The van der Waals surface area contributed by atoms with Gasteiger partial charge < -0.3 is 19.3 Å². The van der Waals surface area contributed by atoms with Gasteiger partial charge in [0.25, 0.3) is 0 Å². The predicted octanol–water partition coefficient (Wildman–Crippen LogP) is 3.27. The second-order valence-electron chi connectivity index (χ2n) is 7.85. The normalized spacial score (nSPS) is 14.6. The highest BCUT2D eigenvalue weighted by atomic mass is 16.7. The molecule has 1 unspecified atom stereocenters. The quantitative estimate of drug-likeness (QED) is 0.458. The number of hydrogen-bond donors (Lipinski definition) is 1. The largest absolute Gasteiger partial charge is 0.497 e. The molecule has 33 heavy (non-hydrogen) atoms. The Morgan fingerprint density at radius 3 is 2.73 bits per heavy atom. The van der Waals surface area contributed by atoms with E-state index in [1.54, 1.807) is 12.2 Å². The molecule has 1 aliphatic rings. The zero-order valence-electron chi connectivity index (χ0n) is 18.9. The third-order valence-corrected chi connectivity index (χ3v) is 5.29. The summed E-state index contributed by atoms with van der Waals surface area (Å²) in [5.74, 6) is -0.0351. The fourth-order valence-electron chi connectivity index (χ4n) is 3.59. The summed E-state index contributed by atoms with van der Waals surface area (Å²) in [4.78, 5) is 28.4. The molecule has 2 aromatic carbocycles. The van der Waals surface area contributed by atoms with Crippen molar-refractivity contribution >= 4 is 11.9 Å². The number of hydrogen-bond acceptors (Lipinski definition) is 7. The highest BCUT2D eigenvalue weighted by molar-refractivity contribution is 5.76. The van der Waals surface area contributed by atoms with Gasteiger partial charge in [0.15, 0.2) is 6.10 Å². The molecule has 0 aromatic heterocycles. The lowest BCUT2D eigenvalue weighted by atomic mass is 10.0. The first-order valence-corrected chi connectivity index (χ1v) is 11.2. The zero-order valence-corrected chi connectivity index (χ0v) is 18.9. The second-order valence-corrected chi connectivity index (χ2v) is 7.85. The number of aryl methyl sites for hydroxylation is 2. The maximum atomic E-state index is 12.1. The van der Waals surface area contributed by atoms with Gasteiger partial charge in [-0.3, -0.25) is 14.4 Å². The molecule has 0 radical (unpaired) electrons. The Kier molecular flexibility index (Phi) is 9.53. The first-order chi connectivity index (χ1) is 16.0. The number of benzene rings is 2. The van der Waals surface area contributed by atoms with Crippen LogP contribution >= 0.6 is 0 Å². The number of para-hydroxylation sites is 1. The van der Waals surface area contributed by atoms with Gasteiger partial charge in [-0.2, -0.15) is 5.06 Å². The summed E-state index contributed by atoms with van der Waals surface area (Å²) in [5.41, 5.74) is 2.22. The van der Waals surface area contributed by atoms with Crippen LogP contribution in [0.25, 0.3) is 0 Å². The summed E-state index contributed by atoms with van der Waals surface area (Å²) in [5, 5.41) is 10.6. The molecule has 1 atom stereocenters. The van der Waals surface area contributed by atoms with Crippen LogP contribution in [0.1, 0.15) is 30.4 Å². The Balaban J connectivity index is 1.60. The molecule has 2 aromatic rings. The van der Waals surface area contributed by atoms with Gasteiger partial charge in [-0.15, -0.1) is 0 Å². The van der Waals surface area contributed by atoms with Gasteiger partial charge in [0, 0.05) is 6.54 Å². The van der Waals surface area contributed by atoms with Crippen LogP contribution in [-0.4, -0.2) is 61.6 Å². The van der Waals surface area contributed by atoms with E-state index in [-0.39, 0.29) is 19.4 Å². The summed E-state index contributed by atoms with van der Waals surface area (Å²) >= 11 is 0. The molecular weight excluding hydrogens is 426 g/mol. The van der Waals surface area contributed by atoms with Crippen molar-refractivity contribution in [1.29, 1.82) is 0 Å². The first kappa shape index (κ1) is 24.5. The van der Waals surface area contributed by atoms with Crippen molar-refractivity contribution in [3.8, 4) is 11.5 Å². The van der Waals surface area contributed by atoms with E-state index in [1.165, 1.54) is 5.56 Å². The molecule has 8 heteroatoms. The zero-order chi connectivity index (χ0) is 23.5. The molecule has 0 aliphatic carbocycles. The van der Waals surface area contributed by atoms with Crippen LogP contribution in [0.15, 0.2) is 48.5 Å². The molecule has 0 spiro atoms. The number of nitrogens with zero attached hydrogens (tertiary/aromatic N) is 1. The maximum Gasteiger partial charge on any atom is 0.306 e. The molecule has 1 N–H and O–H groups in total. The molecular formula is C25H31NO7. The van der Waals surface area contributed by atoms with Crippen LogP contribution in [0.4, 0.5) is 0 Å². The fourth-order valence-corrected chi connectivity index (χ4v) is 3.59. The Labute approximate surface area is 194 Å². The predicted molar refractivity (Wildman–Crippen MR) is 121 cm³/mol. The third kappa shape index (κ3) is 8.40. The number of carboxylic acids is 1. The van der Waals surface area contributed by atoms with E-state index in [0.717, 1.165) is 42.9 Å². The molecule has 3 rings (SSSR count). The number of carbonyl (C=O) groups is 2. The van der Waals surface area contributed by atoms with Crippen molar-refractivity contribution < 1.29 is 33.7 Å². The number of hydroxylamine groups is 2. The number of rotatable bonds is 13. The summed E-state index contributed by atoms with van der Waals surface area (Å²) in [6.07, 6.45) is 1.50. The second kappa shape index (κ2) is 12.8. The Morgan fingerprint density at radius 2 is 1.97 bits per heavy atom. The van der Waals surface area contributed by atoms with Gasteiger partial charge in [0.2, 0.25) is 0 Å². The highest BCUT2D eigenvalue weighted by Crippen LogP contribution is 2.22. The van der Waals surface area contributed by atoms with Crippen LogP contribution in [-0.2, 0) is 32.0 Å². The van der Waals surface area contributed by atoms with E-state index in [0.29, 0.717) is 13.2 Å². The lowest BCUT2D eigenvalue weighted by Gasteiger charge is -2.23. The highest BCUT2D eigenvalue weighted by Gasteiger charge is 2.23. The smallest absolute Gasteiger partial charge is 0.306 e. The van der Waals surface area contributed by atoms with E-state index in [4.69, 9.17) is 24.2 Å². The molecule has 1 heterocycles. The summed E-state index contributed by atoms with van der Waals surface area (Å²) in [7, 11) is 1.65. The van der Waals surface area contributed by atoms with Crippen molar-refractivity contribution in [3.63, 3.8) is 0 Å². The number of esters is 1. The van der Waals surface area contributed by atoms with Crippen molar-refractivity contribution in [1.82, 2.24) is 5.06 Å². The van der Waals surface area contributed by atoms with Gasteiger partial charge in [0.1, 0.15) is 18.1 Å². The first-order valence-electron chi connectivity index (χ1n) is 11.2. The average molecular weight is 458 g/mol. The Morgan fingerprint density at radius 1 is 1.12 bits per heavy atom. The fraction of sp³-hybridized carbons (Fsp3) is 0.440. The third-order valence-electron chi connectivity index (χ3n) is 5.29. The Hall–Kier alpha value is -3.10. The van der Waals surface area contributed by atoms with Crippen LogP contribution in [0.3, 0.4) is 0 Å². The van der Waals surface area contributed by atoms with Crippen LogP contribution in [0, 0.1) is 0 Å². The maximum absolute atomic E-state index is 12.1. The SMILES string of the molecule is COc1cccc(CCc2ccccc2OCC(CN2CCCO2)OC(=O)CCC(=O)O)c1. The minimum absolute atomic E-state index is 0.148. The van der Waals surface area contributed by atoms with Crippen molar-refractivity contribution in [3.05, 3.63) is 59.7 Å². The number of methoxy groups -OCH3 is 1. The van der Waals surface area contributed by atoms with Gasteiger partial charge in [-0.05, 0) is 48.6 Å². The Bertz CT molecular complexity index is 911. The number of ether oxygens (including phenoxy) is 3.